The van der Waals surface area contributed by atoms with Crippen molar-refractivity contribution in [3.8, 4) is 0 Å². The Morgan fingerprint density at radius 2 is 2.14 bits per heavy atom. The lowest BCUT2D eigenvalue weighted by Gasteiger charge is -2.17. The highest BCUT2D eigenvalue weighted by Crippen LogP contribution is 2.14. The minimum absolute atomic E-state index is 0.116. The minimum Gasteiger partial charge on any atom is -0.385 e. The van der Waals surface area contributed by atoms with Gasteiger partial charge in [0.1, 0.15) is 5.69 Å². The van der Waals surface area contributed by atoms with E-state index in [1.807, 2.05) is 37.3 Å². The monoisotopic (exact) mass is 303 g/mol. The summed E-state index contributed by atoms with van der Waals surface area (Å²) in [7, 11) is 1.75. The molecule has 1 N–H and O–H groups in total. The average Bonchev–Trinajstić information content (AvgIpc) is 2.47. The lowest BCUT2D eigenvalue weighted by Crippen LogP contribution is -2.27. The SMILES string of the molecule is CCNc1ccnc(C(=O)N(C)Cc2cccc(Cl)c2)c1. The first-order valence-electron chi connectivity index (χ1n) is 6.80. The molecule has 0 atom stereocenters. The predicted molar refractivity (Wildman–Crippen MR) is 85.7 cm³/mol. The Kier molecular flexibility index (Phi) is 5.17. The molecule has 2 rings (SSSR count). The summed E-state index contributed by atoms with van der Waals surface area (Å²) >= 11 is 5.96. The number of hydrogen-bond donors (Lipinski definition) is 1. The summed E-state index contributed by atoms with van der Waals surface area (Å²) < 4.78 is 0. The molecule has 0 saturated heterocycles. The number of benzene rings is 1. The lowest BCUT2D eigenvalue weighted by atomic mass is 10.2. The van der Waals surface area contributed by atoms with Crippen LogP contribution < -0.4 is 5.32 Å². The topological polar surface area (TPSA) is 45.2 Å². The van der Waals surface area contributed by atoms with Crippen LogP contribution in [-0.2, 0) is 6.54 Å². The van der Waals surface area contributed by atoms with Crippen LogP contribution in [0.2, 0.25) is 5.02 Å². The molecule has 0 spiro atoms. The number of hydrogen-bond acceptors (Lipinski definition) is 3. The normalized spacial score (nSPS) is 10.2. The van der Waals surface area contributed by atoms with Crippen LogP contribution in [0.3, 0.4) is 0 Å². The quantitative estimate of drug-likeness (QED) is 0.920. The van der Waals surface area contributed by atoms with Crippen LogP contribution in [0.4, 0.5) is 5.69 Å². The van der Waals surface area contributed by atoms with E-state index in [1.165, 1.54) is 0 Å². The van der Waals surface area contributed by atoms with Gasteiger partial charge in [0.05, 0.1) is 0 Å². The zero-order chi connectivity index (χ0) is 15.2. The second-order valence-corrected chi connectivity index (χ2v) is 5.19. The number of anilines is 1. The molecular weight excluding hydrogens is 286 g/mol. The maximum absolute atomic E-state index is 12.4. The van der Waals surface area contributed by atoms with Crippen molar-refractivity contribution in [1.29, 1.82) is 0 Å². The number of aromatic nitrogens is 1. The molecule has 110 valence electrons. The summed E-state index contributed by atoms with van der Waals surface area (Å²) in [5.74, 6) is -0.116. The summed E-state index contributed by atoms with van der Waals surface area (Å²) in [5.41, 5.74) is 2.31. The number of amides is 1. The van der Waals surface area contributed by atoms with Crippen molar-refractivity contribution < 1.29 is 4.79 Å². The molecule has 4 nitrogen and oxygen atoms in total. The highest BCUT2D eigenvalue weighted by molar-refractivity contribution is 6.30. The van der Waals surface area contributed by atoms with E-state index in [-0.39, 0.29) is 5.91 Å². The first kappa shape index (κ1) is 15.3. The van der Waals surface area contributed by atoms with Gasteiger partial charge in [0.15, 0.2) is 0 Å². The molecule has 0 aliphatic heterocycles. The average molecular weight is 304 g/mol. The fraction of sp³-hybridized carbons (Fsp3) is 0.250. The number of pyridine rings is 1. The molecule has 2 aromatic rings. The molecule has 21 heavy (non-hydrogen) atoms. The molecule has 1 amide bonds. The Morgan fingerprint density at radius 1 is 1.33 bits per heavy atom. The number of nitrogens with one attached hydrogen (secondary N) is 1. The van der Waals surface area contributed by atoms with Gasteiger partial charge in [-0.25, -0.2) is 0 Å². The summed E-state index contributed by atoms with van der Waals surface area (Å²) in [4.78, 5) is 18.2. The minimum atomic E-state index is -0.116. The zero-order valence-electron chi connectivity index (χ0n) is 12.1. The highest BCUT2D eigenvalue weighted by atomic mass is 35.5. The Balaban J connectivity index is 2.10. The van der Waals surface area contributed by atoms with Crippen molar-refractivity contribution >= 4 is 23.2 Å². The second-order valence-electron chi connectivity index (χ2n) is 4.75. The van der Waals surface area contributed by atoms with Crippen LogP contribution in [0.5, 0.6) is 0 Å². The van der Waals surface area contributed by atoms with Crippen molar-refractivity contribution in [3.05, 3.63) is 58.9 Å². The third-order valence-electron chi connectivity index (χ3n) is 3.02. The van der Waals surface area contributed by atoms with Crippen molar-refractivity contribution in [2.45, 2.75) is 13.5 Å². The summed E-state index contributed by atoms with van der Waals surface area (Å²) in [6.07, 6.45) is 1.64. The van der Waals surface area contributed by atoms with Gasteiger partial charge < -0.3 is 10.2 Å². The van der Waals surface area contributed by atoms with E-state index in [0.29, 0.717) is 17.3 Å². The van der Waals surface area contributed by atoms with Crippen LogP contribution in [0.15, 0.2) is 42.6 Å². The molecule has 1 heterocycles. The maximum atomic E-state index is 12.4. The van der Waals surface area contributed by atoms with E-state index in [1.54, 1.807) is 24.2 Å². The van der Waals surface area contributed by atoms with Gasteiger partial charge in [-0.1, -0.05) is 23.7 Å². The van der Waals surface area contributed by atoms with Crippen LogP contribution in [0.1, 0.15) is 23.0 Å². The summed E-state index contributed by atoms with van der Waals surface area (Å²) in [5, 5.41) is 3.84. The van der Waals surface area contributed by atoms with Gasteiger partial charge >= 0.3 is 0 Å². The molecule has 1 aromatic carbocycles. The lowest BCUT2D eigenvalue weighted by molar-refractivity contribution is 0.0779. The van der Waals surface area contributed by atoms with Gasteiger partial charge in [0.25, 0.3) is 5.91 Å². The maximum Gasteiger partial charge on any atom is 0.272 e. The van der Waals surface area contributed by atoms with E-state index in [2.05, 4.69) is 10.3 Å². The molecular formula is C16H18ClN3O. The highest BCUT2D eigenvalue weighted by Gasteiger charge is 2.14. The predicted octanol–water partition coefficient (Wildman–Crippen LogP) is 3.44. The van der Waals surface area contributed by atoms with Crippen LogP contribution in [-0.4, -0.2) is 29.4 Å². The number of nitrogens with zero attached hydrogens (tertiary/aromatic N) is 2. The van der Waals surface area contributed by atoms with E-state index >= 15 is 0 Å². The Morgan fingerprint density at radius 3 is 2.86 bits per heavy atom. The largest absolute Gasteiger partial charge is 0.385 e. The van der Waals surface area contributed by atoms with E-state index < -0.39 is 0 Å². The molecule has 0 unspecified atom stereocenters. The van der Waals surface area contributed by atoms with Crippen molar-refractivity contribution in [3.63, 3.8) is 0 Å². The van der Waals surface area contributed by atoms with E-state index in [0.717, 1.165) is 17.8 Å². The Labute approximate surface area is 129 Å². The number of halogens is 1. The first-order chi connectivity index (χ1) is 10.1. The van der Waals surface area contributed by atoms with Gasteiger partial charge in [0, 0.05) is 37.0 Å². The number of carbonyl (C=O) groups excluding carboxylic acids is 1. The summed E-state index contributed by atoms with van der Waals surface area (Å²) in [6.45, 7) is 3.30. The Hall–Kier alpha value is -2.07. The fourth-order valence-electron chi connectivity index (χ4n) is 2.04. The zero-order valence-corrected chi connectivity index (χ0v) is 12.9. The van der Waals surface area contributed by atoms with E-state index in [4.69, 9.17) is 11.6 Å². The number of carbonyl (C=O) groups is 1. The van der Waals surface area contributed by atoms with E-state index in [9.17, 15) is 4.79 Å². The van der Waals surface area contributed by atoms with Gasteiger partial charge in [-0.05, 0) is 36.8 Å². The van der Waals surface area contributed by atoms with Crippen LogP contribution >= 0.6 is 11.6 Å². The second kappa shape index (κ2) is 7.09. The standard InChI is InChI=1S/C16H18ClN3O/c1-3-18-14-7-8-19-15(10-14)16(21)20(2)11-12-5-4-6-13(17)9-12/h4-10H,3,11H2,1-2H3,(H,18,19). The van der Waals surface area contributed by atoms with Gasteiger partial charge in [-0.15, -0.1) is 0 Å². The molecule has 0 saturated carbocycles. The summed E-state index contributed by atoms with van der Waals surface area (Å²) in [6, 6.07) is 11.1. The molecule has 0 bridgehead atoms. The van der Waals surface area contributed by atoms with Crippen LogP contribution in [0.25, 0.3) is 0 Å². The van der Waals surface area contributed by atoms with Gasteiger partial charge in [-0.2, -0.15) is 0 Å². The Bertz CT molecular complexity index is 630. The first-order valence-corrected chi connectivity index (χ1v) is 7.17. The molecule has 5 heteroatoms. The van der Waals surface area contributed by atoms with Crippen molar-refractivity contribution in [1.82, 2.24) is 9.88 Å². The van der Waals surface area contributed by atoms with Gasteiger partial charge in [-0.3, -0.25) is 9.78 Å². The third-order valence-corrected chi connectivity index (χ3v) is 3.25. The molecule has 0 fully saturated rings. The third kappa shape index (κ3) is 4.20. The number of rotatable bonds is 5. The van der Waals surface area contributed by atoms with Crippen molar-refractivity contribution in [2.75, 3.05) is 18.9 Å². The van der Waals surface area contributed by atoms with Gasteiger partial charge in [0.2, 0.25) is 0 Å². The molecule has 0 aliphatic rings. The molecule has 0 aliphatic carbocycles. The smallest absolute Gasteiger partial charge is 0.272 e. The molecule has 0 radical (unpaired) electrons. The fourth-order valence-corrected chi connectivity index (χ4v) is 2.25. The molecule has 1 aromatic heterocycles. The van der Waals surface area contributed by atoms with Crippen LogP contribution in [0, 0.1) is 0 Å². The van der Waals surface area contributed by atoms with Crippen molar-refractivity contribution in [2.24, 2.45) is 0 Å².